The normalized spacial score (nSPS) is 12.5. The van der Waals surface area contributed by atoms with Gasteiger partial charge in [-0.2, -0.15) is 0 Å². The molecule has 0 aromatic heterocycles. The Morgan fingerprint density at radius 1 is 0.850 bits per heavy atom. The molecule has 1 unspecified atom stereocenters. The minimum Gasteiger partial charge on any atom is -0.388 e. The molecule has 3 aromatic carbocycles. The van der Waals surface area contributed by atoms with E-state index in [0.717, 1.165) is 15.6 Å². The average molecular weight is 327 g/mol. The summed E-state index contributed by atoms with van der Waals surface area (Å²) >= 11 is 3.42. The Kier molecular flexibility index (Phi) is 3.86. The Balaban J connectivity index is 1.84. The van der Waals surface area contributed by atoms with Crippen molar-refractivity contribution in [3.05, 3.63) is 82.3 Å². The first-order chi connectivity index (χ1) is 9.72. The molecule has 3 aromatic rings. The molecule has 1 atom stereocenters. The van der Waals surface area contributed by atoms with Gasteiger partial charge < -0.3 is 5.11 Å². The maximum Gasteiger partial charge on any atom is 0.0830 e. The van der Waals surface area contributed by atoms with Crippen LogP contribution in [-0.4, -0.2) is 5.11 Å². The zero-order valence-electron chi connectivity index (χ0n) is 11.0. The number of aliphatic hydroxyl groups is 1. The summed E-state index contributed by atoms with van der Waals surface area (Å²) in [6, 6.07) is 22.4. The highest BCUT2D eigenvalue weighted by atomic mass is 79.9. The van der Waals surface area contributed by atoms with Gasteiger partial charge in [0.05, 0.1) is 6.10 Å². The second kappa shape index (κ2) is 5.78. The SMILES string of the molecule is OC(Cc1ccc(Br)cc1)c1ccc2ccccc2c1. The largest absolute Gasteiger partial charge is 0.388 e. The summed E-state index contributed by atoms with van der Waals surface area (Å²) in [4.78, 5) is 0. The van der Waals surface area contributed by atoms with E-state index in [0.29, 0.717) is 6.42 Å². The smallest absolute Gasteiger partial charge is 0.0830 e. The fourth-order valence-electron chi connectivity index (χ4n) is 2.38. The van der Waals surface area contributed by atoms with E-state index in [2.05, 4.69) is 40.2 Å². The fraction of sp³-hybridized carbons (Fsp3) is 0.111. The van der Waals surface area contributed by atoms with Gasteiger partial charge in [-0.15, -0.1) is 0 Å². The lowest BCUT2D eigenvalue weighted by Crippen LogP contribution is -2.01. The van der Waals surface area contributed by atoms with Crippen LogP contribution in [0.2, 0.25) is 0 Å². The van der Waals surface area contributed by atoms with Crippen molar-refractivity contribution in [2.45, 2.75) is 12.5 Å². The van der Waals surface area contributed by atoms with Crippen LogP contribution in [0.1, 0.15) is 17.2 Å². The maximum atomic E-state index is 10.4. The summed E-state index contributed by atoms with van der Waals surface area (Å²) in [6.45, 7) is 0. The molecular formula is C18H15BrO. The minimum absolute atomic E-state index is 0.471. The highest BCUT2D eigenvalue weighted by Gasteiger charge is 2.09. The second-order valence-electron chi connectivity index (χ2n) is 4.95. The van der Waals surface area contributed by atoms with Gasteiger partial charge in [-0.05, 0) is 40.1 Å². The Morgan fingerprint density at radius 3 is 2.30 bits per heavy atom. The van der Waals surface area contributed by atoms with Crippen molar-refractivity contribution in [2.24, 2.45) is 0 Å². The number of rotatable bonds is 3. The third-order valence-electron chi connectivity index (χ3n) is 3.50. The molecule has 3 rings (SSSR count). The Labute approximate surface area is 127 Å². The first-order valence-corrected chi connectivity index (χ1v) is 7.43. The van der Waals surface area contributed by atoms with Crippen molar-refractivity contribution >= 4 is 26.7 Å². The van der Waals surface area contributed by atoms with E-state index >= 15 is 0 Å². The number of fused-ring (bicyclic) bond motifs is 1. The number of aliphatic hydroxyl groups excluding tert-OH is 1. The van der Waals surface area contributed by atoms with Crippen molar-refractivity contribution in [3.8, 4) is 0 Å². The molecule has 0 amide bonds. The van der Waals surface area contributed by atoms with E-state index in [9.17, 15) is 5.11 Å². The van der Waals surface area contributed by atoms with E-state index in [4.69, 9.17) is 0 Å². The predicted octanol–water partition coefficient (Wildman–Crippen LogP) is 4.88. The molecule has 1 N–H and O–H groups in total. The lowest BCUT2D eigenvalue weighted by Gasteiger charge is -2.12. The van der Waals surface area contributed by atoms with Crippen molar-refractivity contribution in [1.29, 1.82) is 0 Å². The summed E-state index contributed by atoms with van der Waals surface area (Å²) < 4.78 is 1.06. The van der Waals surface area contributed by atoms with Crippen molar-refractivity contribution < 1.29 is 5.11 Å². The predicted molar refractivity (Wildman–Crippen MR) is 86.8 cm³/mol. The quantitative estimate of drug-likeness (QED) is 0.727. The molecule has 0 aliphatic carbocycles. The lowest BCUT2D eigenvalue weighted by atomic mass is 9.99. The number of halogens is 1. The molecule has 2 heteroatoms. The maximum absolute atomic E-state index is 10.4. The summed E-state index contributed by atoms with van der Waals surface area (Å²) in [6.07, 6.45) is 0.159. The van der Waals surface area contributed by atoms with Gasteiger partial charge in [0.25, 0.3) is 0 Å². The molecule has 0 saturated heterocycles. The van der Waals surface area contributed by atoms with E-state index in [1.165, 1.54) is 10.8 Å². The number of benzene rings is 3. The van der Waals surface area contributed by atoms with Gasteiger partial charge in [-0.25, -0.2) is 0 Å². The van der Waals surface area contributed by atoms with Crippen molar-refractivity contribution in [3.63, 3.8) is 0 Å². The third-order valence-corrected chi connectivity index (χ3v) is 4.03. The van der Waals surface area contributed by atoms with Crippen LogP contribution in [0, 0.1) is 0 Å². The zero-order valence-corrected chi connectivity index (χ0v) is 12.5. The lowest BCUT2D eigenvalue weighted by molar-refractivity contribution is 0.178. The Hall–Kier alpha value is -1.64. The van der Waals surface area contributed by atoms with E-state index in [-0.39, 0.29) is 0 Å². The van der Waals surface area contributed by atoms with Gasteiger partial charge in [0.15, 0.2) is 0 Å². The molecule has 0 aliphatic heterocycles. The number of hydrogen-bond acceptors (Lipinski definition) is 1. The average Bonchev–Trinajstić information content (AvgIpc) is 2.49. The van der Waals surface area contributed by atoms with Crippen LogP contribution in [-0.2, 0) is 6.42 Å². The first kappa shape index (κ1) is 13.3. The summed E-state index contributed by atoms with van der Waals surface area (Å²) in [5, 5.41) is 12.8. The second-order valence-corrected chi connectivity index (χ2v) is 5.87. The van der Waals surface area contributed by atoms with Gasteiger partial charge >= 0.3 is 0 Å². The molecular weight excluding hydrogens is 312 g/mol. The standard InChI is InChI=1S/C18H15BrO/c19-17-9-5-13(6-10-17)11-18(20)16-8-7-14-3-1-2-4-15(14)12-16/h1-10,12,18,20H,11H2. The fourth-order valence-corrected chi connectivity index (χ4v) is 2.64. The van der Waals surface area contributed by atoms with Crippen molar-refractivity contribution in [2.75, 3.05) is 0 Å². The molecule has 0 fully saturated rings. The van der Waals surface area contributed by atoms with Crippen LogP contribution >= 0.6 is 15.9 Å². The van der Waals surface area contributed by atoms with Gasteiger partial charge in [0.2, 0.25) is 0 Å². The Bertz CT molecular complexity index is 719. The summed E-state index contributed by atoms with van der Waals surface area (Å²) in [5.74, 6) is 0. The molecule has 100 valence electrons. The minimum atomic E-state index is -0.471. The van der Waals surface area contributed by atoms with Crippen LogP contribution < -0.4 is 0 Å². The van der Waals surface area contributed by atoms with E-state index in [1.54, 1.807) is 0 Å². The van der Waals surface area contributed by atoms with Crippen LogP contribution in [0.15, 0.2) is 71.2 Å². The molecule has 0 aliphatic rings. The van der Waals surface area contributed by atoms with E-state index < -0.39 is 6.10 Å². The van der Waals surface area contributed by atoms with Gasteiger partial charge in [-0.1, -0.05) is 64.5 Å². The van der Waals surface area contributed by atoms with Crippen LogP contribution in [0.25, 0.3) is 10.8 Å². The molecule has 0 saturated carbocycles. The first-order valence-electron chi connectivity index (χ1n) is 6.63. The van der Waals surface area contributed by atoms with Gasteiger partial charge in [-0.3, -0.25) is 0 Å². The molecule has 0 radical (unpaired) electrons. The van der Waals surface area contributed by atoms with Crippen LogP contribution in [0.5, 0.6) is 0 Å². The molecule has 1 nitrogen and oxygen atoms in total. The van der Waals surface area contributed by atoms with E-state index in [1.807, 2.05) is 42.5 Å². The molecule has 20 heavy (non-hydrogen) atoms. The van der Waals surface area contributed by atoms with Crippen LogP contribution in [0.3, 0.4) is 0 Å². The third kappa shape index (κ3) is 2.92. The molecule has 0 bridgehead atoms. The van der Waals surface area contributed by atoms with Gasteiger partial charge in [0, 0.05) is 10.9 Å². The monoisotopic (exact) mass is 326 g/mol. The topological polar surface area (TPSA) is 20.2 Å². The highest BCUT2D eigenvalue weighted by molar-refractivity contribution is 9.10. The zero-order chi connectivity index (χ0) is 13.9. The molecule has 0 spiro atoms. The summed E-state index contributed by atoms with van der Waals surface area (Å²) in [7, 11) is 0. The van der Waals surface area contributed by atoms with Gasteiger partial charge in [0.1, 0.15) is 0 Å². The van der Waals surface area contributed by atoms with Crippen molar-refractivity contribution in [1.82, 2.24) is 0 Å². The summed E-state index contributed by atoms with van der Waals surface area (Å²) in [5.41, 5.74) is 2.10. The number of hydrogen-bond donors (Lipinski definition) is 1. The Morgan fingerprint density at radius 2 is 1.55 bits per heavy atom. The van der Waals surface area contributed by atoms with Crippen LogP contribution in [0.4, 0.5) is 0 Å². The highest BCUT2D eigenvalue weighted by Crippen LogP contribution is 2.23. The molecule has 0 heterocycles.